The van der Waals surface area contributed by atoms with Gasteiger partial charge in [-0.3, -0.25) is 9.59 Å². The first-order chi connectivity index (χ1) is 11.5. The second-order valence-electron chi connectivity index (χ2n) is 5.36. The van der Waals surface area contributed by atoms with E-state index in [1.807, 2.05) is 39.0 Å². The van der Waals surface area contributed by atoms with Crippen molar-refractivity contribution in [3.63, 3.8) is 0 Å². The predicted molar refractivity (Wildman–Crippen MR) is 93.0 cm³/mol. The van der Waals surface area contributed by atoms with Gasteiger partial charge in [0.05, 0.1) is 12.3 Å². The lowest BCUT2D eigenvalue weighted by Gasteiger charge is -2.14. The summed E-state index contributed by atoms with van der Waals surface area (Å²) in [6, 6.07) is 10.7. The van der Waals surface area contributed by atoms with E-state index in [2.05, 4.69) is 5.32 Å². The van der Waals surface area contributed by atoms with Gasteiger partial charge in [0.2, 0.25) is 0 Å². The number of amides is 1. The van der Waals surface area contributed by atoms with E-state index in [1.165, 1.54) is 0 Å². The van der Waals surface area contributed by atoms with E-state index in [0.717, 1.165) is 17.4 Å². The van der Waals surface area contributed by atoms with Crippen LogP contribution in [0.3, 0.4) is 0 Å². The molecule has 0 heterocycles. The van der Waals surface area contributed by atoms with Gasteiger partial charge in [-0.1, -0.05) is 18.2 Å². The summed E-state index contributed by atoms with van der Waals surface area (Å²) in [5, 5.41) is 2.73. The van der Waals surface area contributed by atoms with Crippen molar-refractivity contribution in [3.05, 3.63) is 53.1 Å². The van der Waals surface area contributed by atoms with Crippen LogP contribution in [0.15, 0.2) is 36.4 Å². The standard InChI is InChI=1S/C19H21NO4/c1-4-23-17-9-8-15(11-21)10-16(17)20-18(22)12-24-19-13(2)6-5-7-14(19)3/h5-11H,4,12H2,1-3H3,(H,20,22). The van der Waals surface area contributed by atoms with Crippen molar-refractivity contribution in [1.82, 2.24) is 0 Å². The first-order valence-corrected chi connectivity index (χ1v) is 7.76. The van der Waals surface area contributed by atoms with Crippen LogP contribution in [0.25, 0.3) is 0 Å². The summed E-state index contributed by atoms with van der Waals surface area (Å²) in [4.78, 5) is 23.1. The number of rotatable bonds is 7. The van der Waals surface area contributed by atoms with Gasteiger partial charge < -0.3 is 14.8 Å². The van der Waals surface area contributed by atoms with Gasteiger partial charge in [0.25, 0.3) is 5.91 Å². The molecule has 0 fully saturated rings. The van der Waals surface area contributed by atoms with Crippen LogP contribution >= 0.6 is 0 Å². The topological polar surface area (TPSA) is 64.6 Å². The highest BCUT2D eigenvalue weighted by Crippen LogP contribution is 2.26. The van der Waals surface area contributed by atoms with Crippen LogP contribution in [0.1, 0.15) is 28.4 Å². The molecule has 0 spiro atoms. The monoisotopic (exact) mass is 327 g/mol. The molecule has 0 aliphatic carbocycles. The Morgan fingerprint density at radius 1 is 1.12 bits per heavy atom. The fourth-order valence-electron chi connectivity index (χ4n) is 2.35. The molecule has 0 aromatic heterocycles. The van der Waals surface area contributed by atoms with Gasteiger partial charge >= 0.3 is 0 Å². The molecule has 0 saturated carbocycles. The van der Waals surface area contributed by atoms with Crippen molar-refractivity contribution < 1.29 is 19.1 Å². The van der Waals surface area contributed by atoms with Crippen molar-refractivity contribution in [2.24, 2.45) is 0 Å². The average molecular weight is 327 g/mol. The molecule has 0 bridgehead atoms. The van der Waals surface area contributed by atoms with Crippen molar-refractivity contribution in [1.29, 1.82) is 0 Å². The zero-order valence-electron chi connectivity index (χ0n) is 14.1. The van der Waals surface area contributed by atoms with Crippen LogP contribution in [0, 0.1) is 13.8 Å². The SMILES string of the molecule is CCOc1ccc(C=O)cc1NC(=O)COc1c(C)cccc1C. The van der Waals surface area contributed by atoms with E-state index in [4.69, 9.17) is 9.47 Å². The first-order valence-electron chi connectivity index (χ1n) is 7.76. The molecule has 0 aliphatic rings. The average Bonchev–Trinajstić information content (AvgIpc) is 2.56. The van der Waals surface area contributed by atoms with Crippen molar-refractivity contribution in [2.45, 2.75) is 20.8 Å². The van der Waals surface area contributed by atoms with Crippen LogP contribution in [-0.2, 0) is 4.79 Å². The number of para-hydroxylation sites is 1. The number of carbonyl (C=O) groups is 2. The summed E-state index contributed by atoms with van der Waals surface area (Å²) in [5.41, 5.74) is 2.86. The molecule has 0 saturated heterocycles. The molecule has 0 atom stereocenters. The highest BCUT2D eigenvalue weighted by molar-refractivity contribution is 5.94. The Morgan fingerprint density at radius 3 is 2.46 bits per heavy atom. The molecule has 0 aliphatic heterocycles. The molecular formula is C19H21NO4. The third kappa shape index (κ3) is 4.35. The summed E-state index contributed by atoms with van der Waals surface area (Å²) < 4.78 is 11.1. The largest absolute Gasteiger partial charge is 0.492 e. The summed E-state index contributed by atoms with van der Waals surface area (Å²) in [7, 11) is 0. The molecule has 0 radical (unpaired) electrons. The molecule has 2 rings (SSSR count). The number of aryl methyl sites for hydroxylation is 2. The molecule has 1 N–H and O–H groups in total. The van der Waals surface area contributed by atoms with E-state index in [0.29, 0.717) is 29.4 Å². The van der Waals surface area contributed by atoms with Gasteiger partial charge in [-0.2, -0.15) is 0 Å². The Bertz CT molecular complexity index is 720. The third-order valence-corrected chi connectivity index (χ3v) is 3.47. The predicted octanol–water partition coefficient (Wildman–Crippen LogP) is 3.53. The Hall–Kier alpha value is -2.82. The Morgan fingerprint density at radius 2 is 1.83 bits per heavy atom. The van der Waals surface area contributed by atoms with Gasteiger partial charge in [0, 0.05) is 5.56 Å². The van der Waals surface area contributed by atoms with E-state index < -0.39 is 0 Å². The van der Waals surface area contributed by atoms with Gasteiger partial charge in [0.15, 0.2) is 6.61 Å². The van der Waals surface area contributed by atoms with E-state index in [1.54, 1.807) is 18.2 Å². The third-order valence-electron chi connectivity index (χ3n) is 3.47. The smallest absolute Gasteiger partial charge is 0.262 e. The van der Waals surface area contributed by atoms with Gasteiger partial charge in [-0.05, 0) is 50.1 Å². The molecule has 1 amide bonds. The Balaban J connectivity index is 2.08. The molecular weight excluding hydrogens is 306 g/mol. The number of aldehydes is 1. The fraction of sp³-hybridized carbons (Fsp3) is 0.263. The first kappa shape index (κ1) is 17.5. The van der Waals surface area contributed by atoms with Crippen molar-refractivity contribution >= 4 is 17.9 Å². The van der Waals surface area contributed by atoms with Crippen molar-refractivity contribution in [3.8, 4) is 11.5 Å². The second-order valence-corrected chi connectivity index (χ2v) is 5.36. The molecule has 126 valence electrons. The maximum absolute atomic E-state index is 12.2. The molecule has 5 heteroatoms. The van der Waals surface area contributed by atoms with Crippen LogP contribution in [0.2, 0.25) is 0 Å². The summed E-state index contributed by atoms with van der Waals surface area (Å²) in [5.74, 6) is 0.907. The highest BCUT2D eigenvalue weighted by atomic mass is 16.5. The van der Waals surface area contributed by atoms with E-state index >= 15 is 0 Å². The lowest BCUT2D eigenvalue weighted by atomic mass is 10.1. The van der Waals surface area contributed by atoms with Crippen LogP contribution in [-0.4, -0.2) is 25.4 Å². The molecule has 2 aromatic carbocycles. The zero-order chi connectivity index (χ0) is 17.5. The molecule has 5 nitrogen and oxygen atoms in total. The quantitative estimate of drug-likeness (QED) is 0.790. The van der Waals surface area contributed by atoms with E-state index in [-0.39, 0.29) is 12.5 Å². The van der Waals surface area contributed by atoms with Crippen LogP contribution in [0.4, 0.5) is 5.69 Å². The normalized spacial score (nSPS) is 10.1. The second kappa shape index (κ2) is 8.15. The lowest BCUT2D eigenvalue weighted by Crippen LogP contribution is -2.21. The molecule has 24 heavy (non-hydrogen) atoms. The van der Waals surface area contributed by atoms with Gasteiger partial charge in [-0.15, -0.1) is 0 Å². The number of carbonyl (C=O) groups excluding carboxylic acids is 2. The maximum atomic E-state index is 12.2. The summed E-state index contributed by atoms with van der Waals surface area (Å²) >= 11 is 0. The van der Waals surface area contributed by atoms with Gasteiger partial charge in [-0.25, -0.2) is 0 Å². The number of nitrogens with one attached hydrogen (secondary N) is 1. The summed E-state index contributed by atoms with van der Waals surface area (Å²) in [6.07, 6.45) is 0.721. The van der Waals surface area contributed by atoms with Crippen LogP contribution in [0.5, 0.6) is 11.5 Å². The summed E-state index contributed by atoms with van der Waals surface area (Å²) in [6.45, 7) is 6.05. The Kier molecular flexibility index (Phi) is 5.95. The number of ether oxygens (including phenoxy) is 2. The maximum Gasteiger partial charge on any atom is 0.262 e. The Labute approximate surface area is 141 Å². The fourth-order valence-corrected chi connectivity index (χ4v) is 2.35. The van der Waals surface area contributed by atoms with Crippen molar-refractivity contribution in [2.75, 3.05) is 18.5 Å². The minimum absolute atomic E-state index is 0.122. The number of benzene rings is 2. The van der Waals surface area contributed by atoms with Gasteiger partial charge in [0.1, 0.15) is 17.8 Å². The lowest BCUT2D eigenvalue weighted by molar-refractivity contribution is -0.118. The molecule has 2 aromatic rings. The van der Waals surface area contributed by atoms with E-state index in [9.17, 15) is 9.59 Å². The van der Waals surface area contributed by atoms with Crippen LogP contribution < -0.4 is 14.8 Å². The number of hydrogen-bond acceptors (Lipinski definition) is 4. The minimum atomic E-state index is -0.318. The zero-order valence-corrected chi connectivity index (χ0v) is 14.1. The molecule has 0 unspecified atom stereocenters. The number of anilines is 1. The highest BCUT2D eigenvalue weighted by Gasteiger charge is 2.11. The number of hydrogen-bond donors (Lipinski definition) is 1. The minimum Gasteiger partial charge on any atom is -0.492 e.